The maximum atomic E-state index is 13.2. The zero-order chi connectivity index (χ0) is 34.5. The van der Waals surface area contributed by atoms with Gasteiger partial charge in [-0.05, 0) is 51.5 Å². The molecule has 1 heterocycles. The van der Waals surface area contributed by atoms with Gasteiger partial charge in [0.05, 0.1) is 24.3 Å². The predicted molar refractivity (Wildman–Crippen MR) is 176 cm³/mol. The minimum absolute atomic E-state index is 0.0375. The highest BCUT2D eigenvalue weighted by Crippen LogP contribution is 2.27. The van der Waals surface area contributed by atoms with Gasteiger partial charge in [0.25, 0.3) is 0 Å². The first-order valence-corrected chi connectivity index (χ1v) is 16.3. The highest BCUT2D eigenvalue weighted by atomic mass is 16.5. The van der Waals surface area contributed by atoms with Crippen LogP contribution in [0.2, 0.25) is 0 Å². The van der Waals surface area contributed by atoms with Crippen molar-refractivity contribution in [2.75, 3.05) is 7.11 Å². The number of carbonyl (C=O) groups excluding carboxylic acids is 5. The Kier molecular flexibility index (Phi) is 14.6. The highest BCUT2D eigenvalue weighted by Gasteiger charge is 2.33. The number of rotatable bonds is 5. The molecule has 2 aliphatic carbocycles. The van der Waals surface area contributed by atoms with E-state index >= 15 is 0 Å². The Balaban J connectivity index is 1.87. The molecule has 256 valence electrons. The number of aliphatic hydroxyl groups excluding tert-OH is 2. The number of carbonyl (C=O) groups is 5. The third kappa shape index (κ3) is 11.0. The van der Waals surface area contributed by atoms with Gasteiger partial charge >= 0.3 is 5.97 Å². The first kappa shape index (κ1) is 37.4. The van der Waals surface area contributed by atoms with Gasteiger partial charge in [-0.3, -0.25) is 19.2 Å². The van der Waals surface area contributed by atoms with E-state index in [4.69, 9.17) is 9.47 Å². The minimum Gasteiger partial charge on any atom is -0.505 e. The molecule has 0 radical (unpaired) electrons. The summed E-state index contributed by atoms with van der Waals surface area (Å²) in [5.41, 5.74) is 0.264. The normalized spacial score (nSPS) is 29.6. The maximum Gasteiger partial charge on any atom is 0.328 e. The highest BCUT2D eigenvalue weighted by molar-refractivity contribution is 6.48. The molecule has 47 heavy (non-hydrogen) atoms. The molecule has 0 aromatic rings. The van der Waals surface area contributed by atoms with Crippen molar-refractivity contribution in [1.29, 1.82) is 0 Å². The fraction of sp³-hybridized carbons (Fsp3) is 0.528. The second kappa shape index (κ2) is 18.3. The van der Waals surface area contributed by atoms with Crippen LogP contribution in [0.15, 0.2) is 71.2 Å². The molecule has 0 spiro atoms. The average Bonchev–Trinajstić information content (AvgIpc) is 3.05. The fourth-order valence-electron chi connectivity index (χ4n) is 5.81. The molecular formula is C36H48N2O9. The van der Waals surface area contributed by atoms with E-state index in [-0.39, 0.29) is 48.8 Å². The number of allylic oxidation sites excluding steroid dienone is 7. The molecule has 0 unspecified atom stereocenters. The summed E-state index contributed by atoms with van der Waals surface area (Å²) in [6.07, 6.45) is 15.6. The Hall–Kier alpha value is -4.09. The summed E-state index contributed by atoms with van der Waals surface area (Å²) in [7, 11) is 1.45. The molecule has 0 aromatic carbocycles. The van der Waals surface area contributed by atoms with E-state index in [2.05, 4.69) is 10.6 Å². The number of nitrogens with one attached hydrogen (secondary N) is 2. The van der Waals surface area contributed by atoms with Crippen molar-refractivity contribution in [2.45, 2.75) is 103 Å². The smallest absolute Gasteiger partial charge is 0.328 e. The number of ether oxygens (including phenoxy) is 2. The molecule has 0 aromatic heterocycles. The van der Waals surface area contributed by atoms with E-state index in [1.165, 1.54) is 7.11 Å². The second-order valence-electron chi connectivity index (χ2n) is 12.4. The topological polar surface area (TPSA) is 168 Å². The summed E-state index contributed by atoms with van der Waals surface area (Å²) in [5.74, 6) is -4.27. The van der Waals surface area contributed by atoms with Crippen LogP contribution in [0.3, 0.4) is 0 Å². The van der Waals surface area contributed by atoms with Crippen molar-refractivity contribution >= 4 is 29.4 Å². The summed E-state index contributed by atoms with van der Waals surface area (Å²) in [6, 6.07) is -0.907. The van der Waals surface area contributed by atoms with Gasteiger partial charge in [0.1, 0.15) is 17.9 Å². The number of hydrogen-bond acceptors (Lipinski definition) is 9. The number of ketones is 2. The van der Waals surface area contributed by atoms with Crippen LogP contribution >= 0.6 is 0 Å². The van der Waals surface area contributed by atoms with Gasteiger partial charge in [0.15, 0.2) is 0 Å². The summed E-state index contributed by atoms with van der Waals surface area (Å²) >= 11 is 0. The van der Waals surface area contributed by atoms with E-state index in [0.29, 0.717) is 5.57 Å². The van der Waals surface area contributed by atoms with E-state index in [1.807, 2.05) is 0 Å². The largest absolute Gasteiger partial charge is 0.505 e. The molecule has 5 atom stereocenters. The lowest BCUT2D eigenvalue weighted by Gasteiger charge is -2.30. The summed E-state index contributed by atoms with van der Waals surface area (Å²) in [5, 5.41) is 27.2. The molecule has 2 amide bonds. The Bertz CT molecular complexity index is 1360. The van der Waals surface area contributed by atoms with Crippen molar-refractivity contribution in [3.05, 3.63) is 71.2 Å². The molecule has 3 rings (SSSR count). The first-order valence-electron chi connectivity index (χ1n) is 16.3. The number of hydrogen-bond donors (Lipinski definition) is 4. The third-order valence-electron chi connectivity index (χ3n) is 8.78. The molecule has 1 aliphatic heterocycles. The number of esters is 1. The van der Waals surface area contributed by atoms with Gasteiger partial charge < -0.3 is 30.3 Å². The second-order valence-corrected chi connectivity index (χ2v) is 12.4. The summed E-state index contributed by atoms with van der Waals surface area (Å²) in [6.45, 7) is 5.06. The van der Waals surface area contributed by atoms with Gasteiger partial charge in [-0.2, -0.15) is 0 Å². The van der Waals surface area contributed by atoms with Crippen molar-refractivity contribution in [3.63, 3.8) is 0 Å². The average molecular weight is 653 g/mol. The number of methoxy groups -OCH3 is 1. The molecule has 3 aliphatic rings. The van der Waals surface area contributed by atoms with Crippen LogP contribution in [-0.4, -0.2) is 71.0 Å². The molecule has 4 N–H and O–H groups in total. The van der Waals surface area contributed by atoms with Crippen LogP contribution in [0.5, 0.6) is 0 Å². The van der Waals surface area contributed by atoms with Crippen LogP contribution in [0.4, 0.5) is 0 Å². The molecular weight excluding hydrogens is 604 g/mol. The fourth-order valence-corrected chi connectivity index (χ4v) is 5.81. The predicted octanol–water partition coefficient (Wildman–Crippen LogP) is 4.15. The summed E-state index contributed by atoms with van der Waals surface area (Å²) < 4.78 is 11.3. The lowest BCUT2D eigenvalue weighted by Crippen LogP contribution is -2.45. The van der Waals surface area contributed by atoms with Gasteiger partial charge in [-0.1, -0.05) is 68.7 Å². The van der Waals surface area contributed by atoms with Gasteiger partial charge in [0, 0.05) is 30.6 Å². The van der Waals surface area contributed by atoms with E-state index in [9.17, 15) is 34.2 Å². The molecule has 0 saturated heterocycles. The van der Waals surface area contributed by atoms with Crippen molar-refractivity contribution in [2.24, 2.45) is 11.8 Å². The molecule has 11 nitrogen and oxygen atoms in total. The van der Waals surface area contributed by atoms with Crippen LogP contribution in [0, 0.1) is 11.8 Å². The van der Waals surface area contributed by atoms with E-state index in [1.54, 1.807) is 63.3 Å². The summed E-state index contributed by atoms with van der Waals surface area (Å²) in [4.78, 5) is 63.9. The van der Waals surface area contributed by atoms with Gasteiger partial charge in [-0.25, -0.2) is 4.79 Å². The molecule has 1 saturated carbocycles. The monoisotopic (exact) mass is 652 g/mol. The first-order chi connectivity index (χ1) is 22.4. The zero-order valence-electron chi connectivity index (χ0n) is 27.7. The maximum absolute atomic E-state index is 13.2. The number of fused-ring (bicyclic) bond motifs is 1. The van der Waals surface area contributed by atoms with Crippen LogP contribution in [0.25, 0.3) is 0 Å². The third-order valence-corrected chi connectivity index (χ3v) is 8.78. The Morgan fingerprint density at radius 1 is 1.06 bits per heavy atom. The minimum atomic E-state index is -0.907. The van der Waals surface area contributed by atoms with E-state index < -0.39 is 59.5 Å². The van der Waals surface area contributed by atoms with Crippen LogP contribution in [-0.2, 0) is 33.4 Å². The number of aliphatic hydroxyl groups is 2. The van der Waals surface area contributed by atoms with E-state index in [0.717, 1.165) is 38.2 Å². The Labute approximate surface area is 276 Å². The van der Waals surface area contributed by atoms with Crippen LogP contribution in [0.1, 0.15) is 78.6 Å². The number of Topliss-reactive ketones (excluding diaryl/α,β-unsaturated/α-hetero) is 1. The van der Waals surface area contributed by atoms with Gasteiger partial charge in [0.2, 0.25) is 23.4 Å². The van der Waals surface area contributed by atoms with Crippen molar-refractivity contribution in [1.82, 2.24) is 10.6 Å². The quantitative estimate of drug-likeness (QED) is 0.148. The van der Waals surface area contributed by atoms with Gasteiger partial charge in [-0.15, -0.1) is 0 Å². The SMILES string of the molecule is CO[C@H]1/C=C/C=C/C=C\C[C@H](O)[C@@H](C)[C@H](OC(=O)[C@H](C)NC(=O)C2CCCCC2)/C(C)=C/CCC2=C(O)C(=CC(=O)C2=O)NC(=O)C1. The van der Waals surface area contributed by atoms with Crippen LogP contribution < -0.4 is 10.6 Å². The zero-order valence-corrected chi connectivity index (χ0v) is 27.7. The van der Waals surface area contributed by atoms with Crippen molar-refractivity contribution < 1.29 is 43.7 Å². The lowest BCUT2D eigenvalue weighted by atomic mass is 9.88. The Morgan fingerprint density at radius 2 is 1.77 bits per heavy atom. The molecule has 2 bridgehead atoms. The number of amides is 2. The van der Waals surface area contributed by atoms with Crippen molar-refractivity contribution in [3.8, 4) is 0 Å². The standard InChI is InChI=1S/C36H48N2O9/c1-22-14-13-18-27-32(42)28(21-30(40)33(27)43)38-31(41)20-26(46-4)17-11-6-5-7-12-19-29(39)23(2)34(22)47-36(45)24(3)37-35(44)25-15-9-8-10-16-25/h5-7,11-12,14,17,21,23-26,29,34,39,42H,8-10,13,15-16,18-20H2,1-4H3,(H,37,44)(H,38,41)/b6-5+,12-7-,17-11+,22-14+/t23-,24+,26+,29+,34-/m1/s1. The lowest BCUT2D eigenvalue weighted by molar-refractivity contribution is -0.155. The Morgan fingerprint density at radius 3 is 2.47 bits per heavy atom. The molecule has 1 fully saturated rings. The molecule has 11 heteroatoms.